The SMILES string of the molecule is O/N=C(\Cl)c1cc(Cl)c2c(c1)CCO2. The summed E-state index contributed by atoms with van der Waals surface area (Å²) < 4.78 is 5.32. The summed E-state index contributed by atoms with van der Waals surface area (Å²) in [6.45, 7) is 0.631. The molecule has 0 fully saturated rings. The zero-order valence-electron chi connectivity index (χ0n) is 7.13. The van der Waals surface area contributed by atoms with Crippen molar-refractivity contribution in [3.05, 3.63) is 28.3 Å². The fraction of sp³-hybridized carbons (Fsp3) is 0.222. The summed E-state index contributed by atoms with van der Waals surface area (Å²) >= 11 is 11.6. The molecule has 0 radical (unpaired) electrons. The highest BCUT2D eigenvalue weighted by Crippen LogP contribution is 2.34. The normalized spacial score (nSPS) is 15.1. The topological polar surface area (TPSA) is 41.8 Å². The molecule has 1 aliphatic rings. The van der Waals surface area contributed by atoms with Crippen molar-refractivity contribution in [1.29, 1.82) is 0 Å². The standard InChI is InChI=1S/C9H7Cl2NO2/c10-7-4-6(9(11)12-13)3-5-1-2-14-8(5)7/h3-4,13H,1-2H2/b12-9-. The van der Waals surface area contributed by atoms with Crippen molar-refractivity contribution in [2.45, 2.75) is 6.42 Å². The molecule has 5 heteroatoms. The van der Waals surface area contributed by atoms with Gasteiger partial charge in [0.05, 0.1) is 11.6 Å². The van der Waals surface area contributed by atoms with E-state index in [1.165, 1.54) is 0 Å². The third-order valence-corrected chi connectivity index (χ3v) is 2.64. The Labute approximate surface area is 90.9 Å². The fourth-order valence-electron chi connectivity index (χ4n) is 1.44. The maximum atomic E-state index is 8.51. The molecule has 0 bridgehead atoms. The molecular weight excluding hydrogens is 225 g/mol. The second-order valence-corrected chi connectivity index (χ2v) is 3.70. The maximum Gasteiger partial charge on any atom is 0.175 e. The molecule has 0 aromatic heterocycles. The van der Waals surface area contributed by atoms with Crippen molar-refractivity contribution in [3.63, 3.8) is 0 Å². The zero-order chi connectivity index (χ0) is 10.1. The Balaban J connectivity index is 2.52. The maximum absolute atomic E-state index is 8.51. The Morgan fingerprint density at radius 1 is 1.50 bits per heavy atom. The molecule has 0 saturated heterocycles. The Kier molecular flexibility index (Phi) is 2.52. The number of ether oxygens (including phenoxy) is 1. The highest BCUT2D eigenvalue weighted by atomic mass is 35.5. The van der Waals surface area contributed by atoms with Crippen LogP contribution in [0.1, 0.15) is 11.1 Å². The summed E-state index contributed by atoms with van der Waals surface area (Å²) in [6, 6.07) is 3.43. The number of fused-ring (bicyclic) bond motifs is 1. The molecule has 1 heterocycles. The average Bonchev–Trinajstić information content (AvgIpc) is 2.64. The second kappa shape index (κ2) is 3.67. The van der Waals surface area contributed by atoms with Gasteiger partial charge in [-0.3, -0.25) is 0 Å². The van der Waals surface area contributed by atoms with Crippen molar-refractivity contribution >= 4 is 28.4 Å². The molecular formula is C9H7Cl2NO2. The Morgan fingerprint density at radius 2 is 2.29 bits per heavy atom. The summed E-state index contributed by atoms with van der Waals surface area (Å²) in [5, 5.41) is 11.9. The van der Waals surface area contributed by atoms with Crippen LogP contribution in [0.2, 0.25) is 5.02 Å². The van der Waals surface area contributed by atoms with Crippen LogP contribution in [0.25, 0.3) is 0 Å². The van der Waals surface area contributed by atoms with E-state index in [1.54, 1.807) is 6.07 Å². The van der Waals surface area contributed by atoms with Crippen molar-refractivity contribution in [1.82, 2.24) is 0 Å². The van der Waals surface area contributed by atoms with E-state index in [-0.39, 0.29) is 5.17 Å². The van der Waals surface area contributed by atoms with Crippen LogP contribution in [-0.4, -0.2) is 17.0 Å². The molecule has 1 aromatic rings. The van der Waals surface area contributed by atoms with Gasteiger partial charge in [0.2, 0.25) is 0 Å². The zero-order valence-corrected chi connectivity index (χ0v) is 8.64. The Morgan fingerprint density at radius 3 is 3.00 bits per heavy atom. The number of oxime groups is 1. The fourth-order valence-corrected chi connectivity index (χ4v) is 1.84. The van der Waals surface area contributed by atoms with Gasteiger partial charge in [-0.05, 0) is 17.7 Å². The van der Waals surface area contributed by atoms with Gasteiger partial charge in [-0.15, -0.1) is 0 Å². The number of halogens is 2. The van der Waals surface area contributed by atoms with E-state index in [9.17, 15) is 0 Å². The van der Waals surface area contributed by atoms with Crippen LogP contribution >= 0.6 is 23.2 Å². The first kappa shape index (κ1) is 9.62. The summed E-state index contributed by atoms with van der Waals surface area (Å²) in [4.78, 5) is 0. The summed E-state index contributed by atoms with van der Waals surface area (Å²) in [5.41, 5.74) is 1.60. The van der Waals surface area contributed by atoms with E-state index in [2.05, 4.69) is 5.16 Å². The first-order valence-corrected chi connectivity index (χ1v) is 4.81. The van der Waals surface area contributed by atoms with Gasteiger partial charge >= 0.3 is 0 Å². The van der Waals surface area contributed by atoms with Gasteiger partial charge < -0.3 is 9.94 Å². The monoisotopic (exact) mass is 231 g/mol. The molecule has 1 aromatic carbocycles. The molecule has 2 rings (SSSR count). The van der Waals surface area contributed by atoms with E-state index in [1.807, 2.05) is 6.07 Å². The van der Waals surface area contributed by atoms with Crippen molar-refractivity contribution in [2.75, 3.05) is 6.61 Å². The van der Waals surface area contributed by atoms with Crippen LogP contribution in [0.4, 0.5) is 0 Å². The van der Waals surface area contributed by atoms with E-state index in [0.717, 1.165) is 12.0 Å². The lowest BCUT2D eigenvalue weighted by molar-refractivity contribution is 0.321. The number of hydrogen-bond acceptors (Lipinski definition) is 3. The van der Waals surface area contributed by atoms with Crippen LogP contribution in [0.3, 0.4) is 0 Å². The Hall–Kier alpha value is -0.930. The summed E-state index contributed by atoms with van der Waals surface area (Å²) in [7, 11) is 0. The Bertz CT molecular complexity index is 404. The minimum atomic E-state index is 0.0293. The van der Waals surface area contributed by atoms with Crippen molar-refractivity contribution in [2.24, 2.45) is 5.16 Å². The van der Waals surface area contributed by atoms with Gasteiger partial charge in [0, 0.05) is 12.0 Å². The molecule has 0 amide bonds. The van der Waals surface area contributed by atoms with Crippen LogP contribution in [0.15, 0.2) is 17.3 Å². The lowest BCUT2D eigenvalue weighted by Gasteiger charge is -2.04. The van der Waals surface area contributed by atoms with Crippen molar-refractivity contribution in [3.8, 4) is 5.75 Å². The van der Waals surface area contributed by atoms with Gasteiger partial charge in [-0.1, -0.05) is 28.4 Å². The van der Waals surface area contributed by atoms with Gasteiger partial charge in [-0.25, -0.2) is 0 Å². The third-order valence-electron chi connectivity index (χ3n) is 2.06. The van der Waals surface area contributed by atoms with Crippen LogP contribution < -0.4 is 4.74 Å². The minimum Gasteiger partial charge on any atom is -0.491 e. The highest BCUT2D eigenvalue weighted by molar-refractivity contribution is 6.69. The van der Waals surface area contributed by atoms with Crippen LogP contribution in [0.5, 0.6) is 5.75 Å². The number of rotatable bonds is 1. The van der Waals surface area contributed by atoms with E-state index in [0.29, 0.717) is 22.9 Å². The molecule has 0 aliphatic carbocycles. The lowest BCUT2D eigenvalue weighted by Crippen LogP contribution is -1.92. The van der Waals surface area contributed by atoms with Crippen LogP contribution in [0, 0.1) is 0 Å². The molecule has 3 nitrogen and oxygen atoms in total. The number of benzene rings is 1. The quantitative estimate of drug-likeness (QED) is 0.459. The second-order valence-electron chi connectivity index (χ2n) is 2.94. The smallest absolute Gasteiger partial charge is 0.175 e. The summed E-state index contributed by atoms with van der Waals surface area (Å²) in [5.74, 6) is 0.706. The average molecular weight is 232 g/mol. The highest BCUT2D eigenvalue weighted by Gasteiger charge is 2.17. The van der Waals surface area contributed by atoms with Crippen LogP contribution in [-0.2, 0) is 6.42 Å². The largest absolute Gasteiger partial charge is 0.491 e. The third kappa shape index (κ3) is 1.53. The van der Waals surface area contributed by atoms with Gasteiger partial charge in [0.15, 0.2) is 5.17 Å². The first-order chi connectivity index (χ1) is 6.72. The van der Waals surface area contributed by atoms with E-state index >= 15 is 0 Å². The predicted molar refractivity (Wildman–Crippen MR) is 54.8 cm³/mol. The molecule has 14 heavy (non-hydrogen) atoms. The molecule has 0 unspecified atom stereocenters. The lowest BCUT2D eigenvalue weighted by atomic mass is 10.1. The van der Waals surface area contributed by atoms with E-state index in [4.69, 9.17) is 33.1 Å². The number of nitrogens with zero attached hydrogens (tertiary/aromatic N) is 1. The number of hydrogen-bond donors (Lipinski definition) is 1. The molecule has 74 valence electrons. The molecule has 0 spiro atoms. The van der Waals surface area contributed by atoms with Gasteiger partial charge in [0.25, 0.3) is 0 Å². The van der Waals surface area contributed by atoms with Gasteiger partial charge in [-0.2, -0.15) is 0 Å². The summed E-state index contributed by atoms with van der Waals surface area (Å²) in [6.07, 6.45) is 0.804. The first-order valence-electron chi connectivity index (χ1n) is 4.05. The molecule has 0 saturated carbocycles. The van der Waals surface area contributed by atoms with Gasteiger partial charge in [0.1, 0.15) is 5.75 Å². The predicted octanol–water partition coefficient (Wildman–Crippen LogP) is 2.65. The molecule has 1 N–H and O–H groups in total. The molecule has 0 atom stereocenters. The van der Waals surface area contributed by atoms with E-state index < -0.39 is 0 Å². The minimum absolute atomic E-state index is 0.0293. The van der Waals surface area contributed by atoms with Crippen molar-refractivity contribution < 1.29 is 9.94 Å². The molecule has 1 aliphatic heterocycles.